The summed E-state index contributed by atoms with van der Waals surface area (Å²) in [4.78, 5) is 11.1. The lowest BCUT2D eigenvalue weighted by Crippen LogP contribution is -2.46. The molecule has 6 heteroatoms. The highest BCUT2D eigenvalue weighted by Crippen LogP contribution is 2.28. The van der Waals surface area contributed by atoms with Gasteiger partial charge >= 0.3 is 5.97 Å². The summed E-state index contributed by atoms with van der Waals surface area (Å²) in [6, 6.07) is 20.7. The lowest BCUT2D eigenvalue weighted by molar-refractivity contribution is 0.0697. The largest absolute Gasteiger partial charge is 0.489 e. The maximum absolute atomic E-state index is 11.1. The van der Waals surface area contributed by atoms with Gasteiger partial charge in [-0.3, -0.25) is 0 Å². The third-order valence-electron chi connectivity index (χ3n) is 6.87. The van der Waals surface area contributed by atoms with E-state index in [-0.39, 0.29) is 17.7 Å². The second-order valence-corrected chi connectivity index (χ2v) is 10.4. The second-order valence-electron chi connectivity index (χ2n) is 10.4. The monoisotopic (exact) mass is 498 g/mol. The van der Waals surface area contributed by atoms with Gasteiger partial charge in [-0.05, 0) is 98.0 Å². The van der Waals surface area contributed by atoms with E-state index in [0.29, 0.717) is 17.9 Å². The summed E-state index contributed by atoms with van der Waals surface area (Å²) in [7, 11) is 0. The van der Waals surface area contributed by atoms with Gasteiger partial charge in [-0.15, -0.1) is 0 Å². The predicted molar refractivity (Wildman–Crippen MR) is 144 cm³/mol. The number of rotatable bonds is 10. The molecule has 37 heavy (non-hydrogen) atoms. The molecule has 6 nitrogen and oxygen atoms in total. The fraction of sp³-hybridized carbons (Fsp3) is 0.355. The molecule has 0 saturated heterocycles. The van der Waals surface area contributed by atoms with Gasteiger partial charge in [0.25, 0.3) is 0 Å². The quantitative estimate of drug-likeness (QED) is 0.357. The van der Waals surface area contributed by atoms with Crippen molar-refractivity contribution in [1.82, 2.24) is 5.32 Å². The van der Waals surface area contributed by atoms with Crippen LogP contribution in [0.15, 0.2) is 60.7 Å². The van der Waals surface area contributed by atoms with Crippen molar-refractivity contribution in [2.24, 2.45) is 0 Å². The third kappa shape index (κ3) is 6.97. The number of nitriles is 1. The van der Waals surface area contributed by atoms with Crippen LogP contribution in [0.5, 0.6) is 5.75 Å². The minimum atomic E-state index is -0.983. The average Bonchev–Trinajstić information content (AvgIpc) is 2.90. The molecule has 0 fully saturated rings. The third-order valence-corrected chi connectivity index (χ3v) is 6.87. The Balaban J connectivity index is 1.34. The number of hydrogen-bond acceptors (Lipinski definition) is 5. The number of benzene rings is 3. The van der Waals surface area contributed by atoms with Crippen molar-refractivity contribution in [3.8, 4) is 22.9 Å². The zero-order chi connectivity index (χ0) is 26.4. The first-order valence-corrected chi connectivity index (χ1v) is 12.8. The van der Waals surface area contributed by atoms with Gasteiger partial charge in [-0.25, -0.2) is 4.79 Å². The highest BCUT2D eigenvalue weighted by Gasteiger charge is 2.21. The Bertz CT molecular complexity index is 1290. The Labute approximate surface area is 218 Å². The minimum Gasteiger partial charge on any atom is -0.489 e. The highest BCUT2D eigenvalue weighted by atomic mass is 16.5. The summed E-state index contributed by atoms with van der Waals surface area (Å²) < 4.78 is 5.85. The summed E-state index contributed by atoms with van der Waals surface area (Å²) in [6.45, 7) is 4.66. The first kappa shape index (κ1) is 26.4. The smallest absolute Gasteiger partial charge is 0.335 e. The van der Waals surface area contributed by atoms with Crippen molar-refractivity contribution >= 4 is 5.97 Å². The van der Waals surface area contributed by atoms with Gasteiger partial charge in [0, 0.05) is 12.1 Å². The number of nitrogens with zero attached hydrogens (tertiary/aromatic N) is 1. The molecule has 1 aliphatic carbocycles. The number of carbonyl (C=O) groups is 1. The van der Waals surface area contributed by atoms with Crippen LogP contribution in [0.1, 0.15) is 59.3 Å². The van der Waals surface area contributed by atoms with Gasteiger partial charge in [0.05, 0.1) is 11.1 Å². The molecule has 0 amide bonds. The first-order chi connectivity index (χ1) is 17.7. The van der Waals surface area contributed by atoms with Crippen LogP contribution in [0.2, 0.25) is 0 Å². The van der Waals surface area contributed by atoms with E-state index in [0.717, 1.165) is 24.0 Å². The molecule has 0 bridgehead atoms. The summed E-state index contributed by atoms with van der Waals surface area (Å²) in [5.74, 6) is -0.599. The number of hydrogen-bond donors (Lipinski definition) is 3. The van der Waals surface area contributed by atoms with E-state index in [9.17, 15) is 15.2 Å². The van der Waals surface area contributed by atoms with Crippen LogP contribution in [0, 0.1) is 11.3 Å². The Morgan fingerprint density at radius 3 is 2.43 bits per heavy atom. The molecule has 0 aromatic heterocycles. The number of aliphatic hydroxyl groups excluding tert-OH is 1. The number of β-amino-alcohol motifs (C(OH)–C–C–N with tert-alkyl or cyclic N) is 1. The van der Waals surface area contributed by atoms with Gasteiger partial charge in [-0.2, -0.15) is 5.26 Å². The van der Waals surface area contributed by atoms with Crippen LogP contribution < -0.4 is 10.1 Å². The molecule has 0 spiro atoms. The Morgan fingerprint density at radius 1 is 1.03 bits per heavy atom. The Morgan fingerprint density at radius 2 is 1.73 bits per heavy atom. The number of ether oxygens (including phenoxy) is 1. The van der Waals surface area contributed by atoms with Crippen molar-refractivity contribution in [2.45, 2.75) is 57.6 Å². The lowest BCUT2D eigenvalue weighted by Gasteiger charge is -2.29. The average molecular weight is 499 g/mol. The highest BCUT2D eigenvalue weighted by molar-refractivity contribution is 5.88. The van der Waals surface area contributed by atoms with Crippen LogP contribution in [0.4, 0.5) is 0 Å². The van der Waals surface area contributed by atoms with E-state index >= 15 is 0 Å². The predicted octanol–water partition coefficient (Wildman–Crippen LogP) is 5.15. The number of fused-ring (bicyclic) bond motifs is 1. The molecule has 3 aromatic rings. The number of nitrogens with one attached hydrogen (secondary N) is 1. The van der Waals surface area contributed by atoms with E-state index < -0.39 is 12.1 Å². The molecule has 0 saturated carbocycles. The minimum absolute atomic E-state index is 0.0397. The van der Waals surface area contributed by atoms with E-state index in [4.69, 9.17) is 9.84 Å². The number of aromatic carboxylic acids is 1. The van der Waals surface area contributed by atoms with Crippen molar-refractivity contribution in [3.63, 3.8) is 0 Å². The fourth-order valence-electron chi connectivity index (χ4n) is 4.83. The SMILES string of the molecule is CC(C)(Cc1ccc2c(c1)CCCC2)NC[C@@H](O)COc1cc(-c2ccc(C(=O)O)cc2)ccc1C#N. The molecule has 0 unspecified atom stereocenters. The van der Waals surface area contributed by atoms with Crippen molar-refractivity contribution in [3.05, 3.63) is 88.5 Å². The molecule has 0 aliphatic heterocycles. The molecule has 4 rings (SSSR count). The summed E-state index contributed by atoms with van der Waals surface area (Å²) >= 11 is 0. The van der Waals surface area contributed by atoms with Gasteiger partial charge < -0.3 is 20.3 Å². The Kier molecular flexibility index (Phi) is 8.27. The van der Waals surface area contributed by atoms with Crippen molar-refractivity contribution in [1.29, 1.82) is 5.26 Å². The van der Waals surface area contributed by atoms with E-state index in [2.05, 4.69) is 43.4 Å². The Hall–Kier alpha value is -3.66. The van der Waals surface area contributed by atoms with Gasteiger partial charge in [0.1, 0.15) is 24.5 Å². The van der Waals surface area contributed by atoms with Gasteiger partial charge in [0.15, 0.2) is 0 Å². The summed E-state index contributed by atoms with van der Waals surface area (Å²) in [6.07, 6.45) is 4.98. The van der Waals surface area contributed by atoms with E-state index in [1.165, 1.54) is 48.1 Å². The summed E-state index contributed by atoms with van der Waals surface area (Å²) in [5.41, 5.74) is 6.24. The van der Waals surface area contributed by atoms with Gasteiger partial charge in [0.2, 0.25) is 0 Å². The lowest BCUT2D eigenvalue weighted by atomic mass is 9.87. The van der Waals surface area contributed by atoms with Crippen LogP contribution in [-0.4, -0.2) is 41.0 Å². The normalized spacial score (nSPS) is 13.9. The van der Waals surface area contributed by atoms with Gasteiger partial charge in [-0.1, -0.05) is 36.4 Å². The molecule has 1 atom stereocenters. The molecular weight excluding hydrogens is 464 g/mol. The maximum Gasteiger partial charge on any atom is 0.335 e. The first-order valence-electron chi connectivity index (χ1n) is 12.8. The van der Waals surface area contributed by atoms with Crippen LogP contribution in [0.25, 0.3) is 11.1 Å². The number of carboxylic acids is 1. The topological polar surface area (TPSA) is 103 Å². The zero-order valence-electron chi connectivity index (χ0n) is 21.5. The molecule has 0 radical (unpaired) electrons. The summed E-state index contributed by atoms with van der Waals surface area (Å²) in [5, 5.41) is 32.7. The zero-order valence-corrected chi connectivity index (χ0v) is 21.5. The number of carboxylic acid groups (broad SMARTS) is 1. The van der Waals surface area contributed by atoms with Crippen molar-refractivity contribution in [2.75, 3.05) is 13.2 Å². The van der Waals surface area contributed by atoms with E-state index in [1.807, 2.05) is 0 Å². The fourth-order valence-corrected chi connectivity index (χ4v) is 4.83. The molecule has 3 aromatic carbocycles. The maximum atomic E-state index is 11.1. The second kappa shape index (κ2) is 11.6. The van der Waals surface area contributed by atoms with Crippen LogP contribution >= 0.6 is 0 Å². The van der Waals surface area contributed by atoms with Crippen LogP contribution in [0.3, 0.4) is 0 Å². The molecule has 1 aliphatic rings. The molecule has 0 heterocycles. The molecule has 192 valence electrons. The standard InChI is InChI=1S/C31H34N2O4/c1-31(2,17-21-7-8-22-5-3-4-6-25(22)15-21)33-19-28(34)20-37-29-16-26(13-14-27(29)18-32)23-9-11-24(12-10-23)30(35)36/h7-16,28,33-34H,3-6,17,19-20H2,1-2H3,(H,35,36)/t28-/m1/s1. The van der Waals surface area contributed by atoms with Crippen LogP contribution in [-0.2, 0) is 19.3 Å². The molecular formula is C31H34N2O4. The van der Waals surface area contributed by atoms with Crippen molar-refractivity contribution < 1.29 is 19.7 Å². The molecule has 3 N–H and O–H groups in total. The van der Waals surface area contributed by atoms with E-state index in [1.54, 1.807) is 30.3 Å². The number of aliphatic hydroxyl groups is 1. The number of aryl methyl sites for hydroxylation is 2.